The molecule has 0 unspecified atom stereocenters. The number of likely N-dealkylation sites (N-methyl/N-ethyl adjacent to an activating group) is 1. The molecule has 3 aromatic rings. The highest BCUT2D eigenvalue weighted by Crippen LogP contribution is 2.22. The van der Waals surface area contributed by atoms with Gasteiger partial charge in [-0.1, -0.05) is 29.8 Å². The van der Waals surface area contributed by atoms with Crippen molar-refractivity contribution in [2.45, 2.75) is 27.7 Å². The summed E-state index contributed by atoms with van der Waals surface area (Å²) >= 11 is 0. The standard InChI is InChI=1S/C22H25N3O2/c1-13-6-7-17-11-19(23-18(17)10-13)22(27)25(5)12-20(26)24-21-15(3)8-14(2)9-16(21)4/h6-11,23H,12H2,1-5H3,(H,24,26). The van der Waals surface area contributed by atoms with E-state index in [0.717, 1.165) is 38.8 Å². The molecule has 2 N–H and O–H groups in total. The lowest BCUT2D eigenvalue weighted by molar-refractivity contribution is -0.116. The van der Waals surface area contributed by atoms with Crippen LogP contribution in [-0.4, -0.2) is 35.3 Å². The largest absolute Gasteiger partial charge is 0.351 e. The highest BCUT2D eigenvalue weighted by molar-refractivity contribution is 6.01. The van der Waals surface area contributed by atoms with Crippen LogP contribution in [0.15, 0.2) is 36.4 Å². The number of carbonyl (C=O) groups is 2. The number of benzene rings is 2. The van der Waals surface area contributed by atoms with Gasteiger partial charge in [0.2, 0.25) is 5.91 Å². The zero-order valence-electron chi connectivity index (χ0n) is 16.4. The predicted octanol–water partition coefficient (Wildman–Crippen LogP) is 4.11. The number of nitrogens with zero attached hydrogens (tertiary/aromatic N) is 1. The molecule has 0 spiro atoms. The van der Waals surface area contributed by atoms with Gasteiger partial charge in [0.05, 0.1) is 6.54 Å². The number of hydrogen-bond acceptors (Lipinski definition) is 2. The zero-order chi connectivity index (χ0) is 19.7. The Balaban J connectivity index is 1.71. The van der Waals surface area contributed by atoms with E-state index >= 15 is 0 Å². The molecular weight excluding hydrogens is 338 g/mol. The monoisotopic (exact) mass is 363 g/mol. The first-order chi connectivity index (χ1) is 12.7. The van der Waals surface area contributed by atoms with E-state index in [1.165, 1.54) is 4.90 Å². The van der Waals surface area contributed by atoms with Gasteiger partial charge in [0, 0.05) is 23.6 Å². The molecule has 5 nitrogen and oxygen atoms in total. The van der Waals surface area contributed by atoms with E-state index in [9.17, 15) is 9.59 Å². The van der Waals surface area contributed by atoms with E-state index in [4.69, 9.17) is 0 Å². The second-order valence-electron chi connectivity index (χ2n) is 7.26. The average Bonchev–Trinajstić information content (AvgIpc) is 3.00. The number of H-pyrrole nitrogens is 1. The first-order valence-corrected chi connectivity index (χ1v) is 8.97. The number of aromatic nitrogens is 1. The molecule has 2 amide bonds. The maximum Gasteiger partial charge on any atom is 0.270 e. The number of aryl methyl sites for hydroxylation is 4. The zero-order valence-corrected chi connectivity index (χ0v) is 16.4. The number of nitrogens with one attached hydrogen (secondary N) is 2. The number of amides is 2. The Morgan fingerprint density at radius 2 is 1.63 bits per heavy atom. The number of anilines is 1. The van der Waals surface area contributed by atoms with E-state index in [1.807, 2.05) is 64.1 Å². The van der Waals surface area contributed by atoms with Crippen LogP contribution in [0, 0.1) is 27.7 Å². The number of rotatable bonds is 4. The van der Waals surface area contributed by atoms with Crippen molar-refractivity contribution in [3.8, 4) is 0 Å². The fourth-order valence-corrected chi connectivity index (χ4v) is 3.41. The summed E-state index contributed by atoms with van der Waals surface area (Å²) in [5.41, 5.74) is 6.52. The molecule has 1 aromatic heterocycles. The van der Waals surface area contributed by atoms with Crippen molar-refractivity contribution in [1.29, 1.82) is 0 Å². The van der Waals surface area contributed by atoms with Crippen molar-refractivity contribution < 1.29 is 9.59 Å². The highest BCUT2D eigenvalue weighted by atomic mass is 16.2. The Labute approximate surface area is 159 Å². The summed E-state index contributed by atoms with van der Waals surface area (Å²) in [6.07, 6.45) is 0. The van der Waals surface area contributed by atoms with Crippen molar-refractivity contribution in [3.05, 3.63) is 64.3 Å². The first-order valence-electron chi connectivity index (χ1n) is 8.97. The summed E-state index contributed by atoms with van der Waals surface area (Å²) in [7, 11) is 1.63. The SMILES string of the molecule is Cc1cc(C)c(NC(=O)CN(C)C(=O)c2cc3ccc(C)cc3[nH]2)c(C)c1. The maximum atomic E-state index is 12.7. The number of carbonyl (C=O) groups excluding carboxylic acids is 2. The van der Waals surface area contributed by atoms with E-state index in [1.54, 1.807) is 7.05 Å². The van der Waals surface area contributed by atoms with Gasteiger partial charge in [-0.25, -0.2) is 0 Å². The number of fused-ring (bicyclic) bond motifs is 1. The third kappa shape index (κ3) is 4.03. The summed E-state index contributed by atoms with van der Waals surface area (Å²) < 4.78 is 0. The van der Waals surface area contributed by atoms with Gasteiger partial charge >= 0.3 is 0 Å². The van der Waals surface area contributed by atoms with Crippen LogP contribution < -0.4 is 5.32 Å². The molecule has 0 aliphatic heterocycles. The quantitative estimate of drug-likeness (QED) is 0.732. The molecule has 0 saturated carbocycles. The Morgan fingerprint density at radius 1 is 0.963 bits per heavy atom. The molecule has 0 aliphatic carbocycles. The molecule has 27 heavy (non-hydrogen) atoms. The molecule has 0 bridgehead atoms. The van der Waals surface area contributed by atoms with Crippen LogP contribution in [0.1, 0.15) is 32.7 Å². The molecule has 0 radical (unpaired) electrons. The van der Waals surface area contributed by atoms with Crippen LogP contribution in [0.5, 0.6) is 0 Å². The highest BCUT2D eigenvalue weighted by Gasteiger charge is 2.18. The molecule has 5 heteroatoms. The Bertz CT molecular complexity index is 1010. The second-order valence-corrected chi connectivity index (χ2v) is 7.26. The topological polar surface area (TPSA) is 65.2 Å². The lowest BCUT2D eigenvalue weighted by Gasteiger charge is -2.18. The molecule has 0 saturated heterocycles. The fraction of sp³-hybridized carbons (Fsp3) is 0.273. The van der Waals surface area contributed by atoms with Gasteiger partial charge in [-0.3, -0.25) is 9.59 Å². The van der Waals surface area contributed by atoms with Crippen molar-refractivity contribution in [1.82, 2.24) is 9.88 Å². The second kappa shape index (κ2) is 7.27. The molecular formula is C22H25N3O2. The van der Waals surface area contributed by atoms with Crippen molar-refractivity contribution in [3.63, 3.8) is 0 Å². The third-order valence-corrected chi connectivity index (χ3v) is 4.68. The molecule has 1 heterocycles. The summed E-state index contributed by atoms with van der Waals surface area (Å²) in [4.78, 5) is 29.7. The molecule has 140 valence electrons. The maximum absolute atomic E-state index is 12.7. The Morgan fingerprint density at radius 3 is 2.30 bits per heavy atom. The summed E-state index contributed by atoms with van der Waals surface area (Å²) in [6.45, 7) is 7.96. The summed E-state index contributed by atoms with van der Waals surface area (Å²) in [6, 6.07) is 11.9. The van der Waals surface area contributed by atoms with Gasteiger partial charge < -0.3 is 15.2 Å². The smallest absolute Gasteiger partial charge is 0.270 e. The van der Waals surface area contributed by atoms with Crippen LogP contribution >= 0.6 is 0 Å². The molecule has 0 aliphatic rings. The van der Waals surface area contributed by atoms with Crippen LogP contribution in [0.2, 0.25) is 0 Å². The van der Waals surface area contributed by atoms with Gasteiger partial charge in [0.15, 0.2) is 0 Å². The van der Waals surface area contributed by atoms with Crippen molar-refractivity contribution >= 4 is 28.4 Å². The minimum absolute atomic E-state index is 0.0139. The van der Waals surface area contributed by atoms with Gasteiger partial charge in [0.1, 0.15) is 5.69 Å². The van der Waals surface area contributed by atoms with Gasteiger partial charge in [-0.05, 0) is 56.5 Å². The van der Waals surface area contributed by atoms with E-state index in [-0.39, 0.29) is 18.4 Å². The number of hydrogen-bond donors (Lipinski definition) is 2. The van der Waals surface area contributed by atoms with Crippen molar-refractivity contribution in [2.24, 2.45) is 0 Å². The molecule has 0 fully saturated rings. The molecule has 3 rings (SSSR count). The summed E-state index contributed by atoms with van der Waals surface area (Å²) in [5.74, 6) is -0.427. The van der Waals surface area contributed by atoms with Crippen LogP contribution in [0.3, 0.4) is 0 Å². The van der Waals surface area contributed by atoms with Gasteiger partial charge in [0.25, 0.3) is 5.91 Å². The molecule has 0 atom stereocenters. The summed E-state index contributed by atoms with van der Waals surface area (Å²) in [5, 5.41) is 3.91. The van der Waals surface area contributed by atoms with Crippen LogP contribution in [0.4, 0.5) is 5.69 Å². The Hall–Kier alpha value is -3.08. The lowest BCUT2D eigenvalue weighted by Crippen LogP contribution is -2.35. The Kier molecular flexibility index (Phi) is 5.04. The fourth-order valence-electron chi connectivity index (χ4n) is 3.41. The van der Waals surface area contributed by atoms with E-state index < -0.39 is 0 Å². The lowest BCUT2D eigenvalue weighted by atomic mass is 10.1. The van der Waals surface area contributed by atoms with Crippen LogP contribution in [-0.2, 0) is 4.79 Å². The van der Waals surface area contributed by atoms with E-state index in [2.05, 4.69) is 10.3 Å². The minimum Gasteiger partial charge on any atom is -0.351 e. The van der Waals surface area contributed by atoms with Crippen LogP contribution in [0.25, 0.3) is 10.9 Å². The molecule has 2 aromatic carbocycles. The van der Waals surface area contributed by atoms with Crippen molar-refractivity contribution in [2.75, 3.05) is 18.9 Å². The third-order valence-electron chi connectivity index (χ3n) is 4.68. The van der Waals surface area contributed by atoms with E-state index in [0.29, 0.717) is 5.69 Å². The normalized spacial score (nSPS) is 10.9. The van der Waals surface area contributed by atoms with Gasteiger partial charge in [-0.15, -0.1) is 0 Å². The minimum atomic E-state index is -0.215. The van der Waals surface area contributed by atoms with Gasteiger partial charge in [-0.2, -0.15) is 0 Å². The first kappa shape index (κ1) is 18.7. The average molecular weight is 363 g/mol. The predicted molar refractivity (Wildman–Crippen MR) is 109 cm³/mol. The number of aromatic amines is 1.